The molecular formula is C18H28N6O11. The number of hydrogen-bond acceptors (Lipinski definition) is 9. The van der Waals surface area contributed by atoms with Crippen LogP contribution in [0.2, 0.25) is 0 Å². The van der Waals surface area contributed by atoms with Crippen molar-refractivity contribution in [2.45, 2.75) is 62.7 Å². The summed E-state index contributed by atoms with van der Waals surface area (Å²) in [5.74, 6) is -9.65. The number of carbonyl (C=O) groups excluding carboxylic acids is 5. The molecule has 0 spiro atoms. The van der Waals surface area contributed by atoms with E-state index in [2.05, 4.69) is 10.6 Å². The summed E-state index contributed by atoms with van der Waals surface area (Å²) >= 11 is 0. The number of nitrogens with one attached hydrogen (secondary N) is 3. The third-order valence-electron chi connectivity index (χ3n) is 4.34. The SMILES string of the molecule is NC(=O)CCC(NC(=O)C(N)CC(=O)O)C(=O)NC(CCC(=O)O)C(=O)NC(CC(N)=O)C(=O)O. The number of hydrogen-bond donors (Lipinski definition) is 9. The van der Waals surface area contributed by atoms with E-state index in [1.807, 2.05) is 5.32 Å². The third-order valence-corrected chi connectivity index (χ3v) is 4.34. The van der Waals surface area contributed by atoms with Crippen LogP contribution in [0.3, 0.4) is 0 Å². The molecule has 4 unspecified atom stereocenters. The van der Waals surface area contributed by atoms with E-state index in [4.69, 9.17) is 32.5 Å². The van der Waals surface area contributed by atoms with Gasteiger partial charge in [0.1, 0.15) is 18.1 Å². The Labute approximate surface area is 197 Å². The van der Waals surface area contributed by atoms with Crippen LogP contribution < -0.4 is 33.2 Å². The summed E-state index contributed by atoms with van der Waals surface area (Å²) < 4.78 is 0. The molecule has 196 valence electrons. The maximum atomic E-state index is 12.7. The molecule has 0 aliphatic carbocycles. The van der Waals surface area contributed by atoms with Crippen LogP contribution in [0, 0.1) is 0 Å². The second-order valence-corrected chi connectivity index (χ2v) is 7.33. The summed E-state index contributed by atoms with van der Waals surface area (Å²) in [6, 6.07) is -6.53. The Hall–Kier alpha value is -4.28. The molecule has 12 N–H and O–H groups in total. The normalized spacial score (nSPS) is 13.9. The van der Waals surface area contributed by atoms with E-state index in [9.17, 15) is 38.4 Å². The monoisotopic (exact) mass is 504 g/mol. The Kier molecular flexibility index (Phi) is 13.0. The van der Waals surface area contributed by atoms with Gasteiger partial charge in [-0.25, -0.2) is 4.79 Å². The van der Waals surface area contributed by atoms with Gasteiger partial charge >= 0.3 is 17.9 Å². The van der Waals surface area contributed by atoms with Gasteiger partial charge in [0.2, 0.25) is 29.5 Å². The number of carboxylic acids is 3. The van der Waals surface area contributed by atoms with Crippen LogP contribution in [0.5, 0.6) is 0 Å². The average Bonchev–Trinajstić information content (AvgIpc) is 2.71. The molecule has 0 aromatic carbocycles. The quantitative estimate of drug-likeness (QED) is 0.0902. The zero-order chi connectivity index (χ0) is 27.3. The molecule has 0 heterocycles. The fourth-order valence-electron chi connectivity index (χ4n) is 2.60. The van der Waals surface area contributed by atoms with Crippen molar-refractivity contribution in [2.24, 2.45) is 17.2 Å². The number of aliphatic carboxylic acids is 3. The summed E-state index contributed by atoms with van der Waals surface area (Å²) in [6.45, 7) is 0. The Balaban J connectivity index is 5.67. The van der Waals surface area contributed by atoms with Gasteiger partial charge in [-0.15, -0.1) is 0 Å². The molecule has 0 aromatic heterocycles. The molecule has 35 heavy (non-hydrogen) atoms. The third kappa shape index (κ3) is 13.1. The summed E-state index contributed by atoms with van der Waals surface area (Å²) in [5.41, 5.74) is 15.4. The minimum absolute atomic E-state index is 0.389. The van der Waals surface area contributed by atoms with Crippen LogP contribution in [-0.4, -0.2) is 86.9 Å². The lowest BCUT2D eigenvalue weighted by Gasteiger charge is -2.24. The number of amides is 5. The van der Waals surface area contributed by atoms with Gasteiger partial charge in [-0.05, 0) is 12.8 Å². The molecule has 0 aromatic rings. The van der Waals surface area contributed by atoms with Gasteiger partial charge in [-0.3, -0.25) is 33.6 Å². The van der Waals surface area contributed by atoms with Crippen LogP contribution in [0.25, 0.3) is 0 Å². The van der Waals surface area contributed by atoms with Crippen LogP contribution in [0.15, 0.2) is 0 Å². The molecule has 0 aliphatic heterocycles. The Bertz CT molecular complexity index is 862. The molecule has 0 saturated carbocycles. The lowest BCUT2D eigenvalue weighted by Crippen LogP contribution is -2.57. The molecular weight excluding hydrogens is 476 g/mol. The van der Waals surface area contributed by atoms with E-state index in [0.29, 0.717) is 0 Å². The zero-order valence-corrected chi connectivity index (χ0v) is 18.4. The first kappa shape index (κ1) is 30.7. The highest BCUT2D eigenvalue weighted by atomic mass is 16.4. The van der Waals surface area contributed by atoms with Crippen molar-refractivity contribution in [2.75, 3.05) is 0 Å². The van der Waals surface area contributed by atoms with Gasteiger partial charge in [-0.1, -0.05) is 0 Å². The standard InChI is InChI=1S/C18H28N6O11/c19-7(5-14(29)30)15(31)22-8(1-3-11(20)25)16(32)23-9(2-4-13(27)28)17(33)24-10(18(34)35)6-12(21)26/h7-10H,1-6,19H2,(H2,20,25)(H2,21,26)(H,22,31)(H,23,32)(H,24,33)(H,27,28)(H,29,30)(H,34,35). The predicted octanol–water partition coefficient (Wildman–Crippen LogP) is -4.67. The fraction of sp³-hybridized carbons (Fsp3) is 0.556. The van der Waals surface area contributed by atoms with Crippen LogP contribution in [0.4, 0.5) is 0 Å². The topological polar surface area (TPSA) is 311 Å². The minimum atomic E-state index is -1.77. The summed E-state index contributed by atoms with van der Waals surface area (Å²) in [5, 5.41) is 33.0. The van der Waals surface area contributed by atoms with E-state index in [-0.39, 0.29) is 6.42 Å². The van der Waals surface area contributed by atoms with Gasteiger partial charge in [0.25, 0.3) is 0 Å². The highest BCUT2D eigenvalue weighted by molar-refractivity contribution is 5.95. The largest absolute Gasteiger partial charge is 0.481 e. The zero-order valence-electron chi connectivity index (χ0n) is 18.4. The molecule has 0 bridgehead atoms. The van der Waals surface area contributed by atoms with Crippen molar-refractivity contribution in [1.82, 2.24) is 16.0 Å². The first-order valence-corrected chi connectivity index (χ1v) is 10.0. The number of carboxylic acid groups (broad SMARTS) is 3. The number of nitrogens with two attached hydrogens (primary N) is 3. The average molecular weight is 504 g/mol. The van der Waals surface area contributed by atoms with E-state index in [0.717, 1.165) is 0 Å². The van der Waals surface area contributed by atoms with Crippen LogP contribution in [0.1, 0.15) is 38.5 Å². The number of primary amides is 2. The van der Waals surface area contributed by atoms with Crippen LogP contribution in [-0.2, 0) is 38.4 Å². The molecule has 4 atom stereocenters. The van der Waals surface area contributed by atoms with Crippen molar-refractivity contribution in [3.8, 4) is 0 Å². The molecule has 5 amide bonds. The van der Waals surface area contributed by atoms with Gasteiger partial charge in [0, 0.05) is 12.8 Å². The molecule has 0 rings (SSSR count). The molecule has 0 aliphatic rings. The van der Waals surface area contributed by atoms with Gasteiger partial charge in [0.15, 0.2) is 0 Å². The molecule has 0 saturated heterocycles. The van der Waals surface area contributed by atoms with Gasteiger partial charge in [-0.2, -0.15) is 0 Å². The van der Waals surface area contributed by atoms with Crippen molar-refractivity contribution >= 4 is 47.4 Å². The van der Waals surface area contributed by atoms with Crippen molar-refractivity contribution in [3.05, 3.63) is 0 Å². The van der Waals surface area contributed by atoms with E-state index in [1.54, 1.807) is 0 Å². The smallest absolute Gasteiger partial charge is 0.326 e. The Morgan fingerprint density at radius 1 is 0.600 bits per heavy atom. The first-order chi connectivity index (χ1) is 16.1. The first-order valence-electron chi connectivity index (χ1n) is 10.0. The van der Waals surface area contributed by atoms with E-state index >= 15 is 0 Å². The predicted molar refractivity (Wildman–Crippen MR) is 113 cm³/mol. The summed E-state index contributed by atoms with van der Waals surface area (Å²) in [6.07, 6.45) is -3.55. The maximum Gasteiger partial charge on any atom is 0.326 e. The summed E-state index contributed by atoms with van der Waals surface area (Å²) in [7, 11) is 0. The molecule has 0 fully saturated rings. The van der Waals surface area contributed by atoms with E-state index < -0.39 is 104 Å². The van der Waals surface area contributed by atoms with Gasteiger partial charge < -0.3 is 48.5 Å². The maximum absolute atomic E-state index is 12.7. The van der Waals surface area contributed by atoms with E-state index in [1.165, 1.54) is 0 Å². The van der Waals surface area contributed by atoms with Gasteiger partial charge in [0.05, 0.1) is 18.9 Å². The van der Waals surface area contributed by atoms with Crippen molar-refractivity contribution < 1.29 is 53.7 Å². The second kappa shape index (κ2) is 14.8. The molecule has 0 radical (unpaired) electrons. The Morgan fingerprint density at radius 2 is 1.06 bits per heavy atom. The lowest BCUT2D eigenvalue weighted by atomic mass is 10.1. The summed E-state index contributed by atoms with van der Waals surface area (Å²) in [4.78, 5) is 92.5. The Morgan fingerprint density at radius 3 is 1.46 bits per heavy atom. The molecule has 17 heteroatoms. The van der Waals surface area contributed by atoms with Crippen LogP contribution >= 0.6 is 0 Å². The van der Waals surface area contributed by atoms with Crippen molar-refractivity contribution in [3.63, 3.8) is 0 Å². The number of carbonyl (C=O) groups is 8. The highest BCUT2D eigenvalue weighted by Gasteiger charge is 2.31. The number of rotatable bonds is 17. The minimum Gasteiger partial charge on any atom is -0.481 e. The fourth-order valence-corrected chi connectivity index (χ4v) is 2.60. The lowest BCUT2D eigenvalue weighted by molar-refractivity contribution is -0.144. The second-order valence-electron chi connectivity index (χ2n) is 7.33. The van der Waals surface area contributed by atoms with Crippen molar-refractivity contribution in [1.29, 1.82) is 0 Å². The highest BCUT2D eigenvalue weighted by Crippen LogP contribution is 2.05. The molecule has 17 nitrogen and oxygen atoms in total.